The molecule has 0 bridgehead atoms. The molecule has 0 aliphatic rings. The van der Waals surface area contributed by atoms with Gasteiger partial charge in [-0.15, -0.1) is 0 Å². The third kappa shape index (κ3) is 8.27. The molecule has 3 aromatic rings. The molecule has 39 heavy (non-hydrogen) atoms. The number of fused-ring (bicyclic) bond motifs is 1. The lowest BCUT2D eigenvalue weighted by atomic mass is 10.1. The normalized spacial score (nSPS) is 12.1. The molecular formula is C26H37F3N8O2. The van der Waals surface area contributed by atoms with Crippen molar-refractivity contribution in [1.29, 1.82) is 0 Å². The van der Waals surface area contributed by atoms with E-state index in [0.29, 0.717) is 35.0 Å². The standard InChI is InChI=1S/C26H37F3N8O2/c1-6-36(13-7-12-33(2)3)15-14-34(4)25-31-23(35(5)17-21(38)39)22-24(32-25)37(18-30-22)16-19-8-10-20(11-9-19)26(27,28)29/h8-11,18H,6-7,12-17H2,1-5H3,(H,38,39). The maximum atomic E-state index is 13.0. The lowest BCUT2D eigenvalue weighted by Crippen LogP contribution is -2.35. The van der Waals surface area contributed by atoms with Crippen LogP contribution in [-0.4, -0.2) is 108 Å². The molecule has 3 rings (SSSR count). The van der Waals surface area contributed by atoms with Crippen molar-refractivity contribution in [1.82, 2.24) is 29.3 Å². The number of hydrogen-bond acceptors (Lipinski definition) is 8. The zero-order valence-electron chi connectivity index (χ0n) is 23.1. The molecule has 0 fully saturated rings. The van der Waals surface area contributed by atoms with E-state index in [1.54, 1.807) is 17.9 Å². The van der Waals surface area contributed by atoms with Crippen LogP contribution in [0.3, 0.4) is 0 Å². The smallest absolute Gasteiger partial charge is 0.416 e. The number of carboxylic acid groups (broad SMARTS) is 1. The minimum atomic E-state index is -4.41. The van der Waals surface area contributed by atoms with E-state index in [1.807, 2.05) is 11.9 Å². The first kappa shape index (κ1) is 30.1. The fourth-order valence-electron chi connectivity index (χ4n) is 4.17. The van der Waals surface area contributed by atoms with Crippen molar-refractivity contribution in [3.63, 3.8) is 0 Å². The molecule has 0 saturated heterocycles. The summed E-state index contributed by atoms with van der Waals surface area (Å²) in [5.41, 5.74) is 0.819. The Labute approximate surface area is 226 Å². The van der Waals surface area contributed by atoms with Gasteiger partial charge in [0.2, 0.25) is 5.95 Å². The Kier molecular flexibility index (Phi) is 10.1. The van der Waals surface area contributed by atoms with Crippen molar-refractivity contribution < 1.29 is 23.1 Å². The SMILES string of the molecule is CCN(CCCN(C)C)CCN(C)c1nc(N(C)CC(=O)O)c2ncn(Cc3ccc(C(F)(F)F)cc3)c2n1. The predicted octanol–water partition coefficient (Wildman–Crippen LogP) is 3.12. The van der Waals surface area contributed by atoms with E-state index in [1.165, 1.54) is 17.0 Å². The highest BCUT2D eigenvalue weighted by Gasteiger charge is 2.30. The third-order valence-electron chi connectivity index (χ3n) is 6.42. The largest absolute Gasteiger partial charge is 0.480 e. The van der Waals surface area contributed by atoms with Crippen molar-refractivity contribution in [2.45, 2.75) is 26.1 Å². The summed E-state index contributed by atoms with van der Waals surface area (Å²) in [7, 11) is 7.61. The van der Waals surface area contributed by atoms with Gasteiger partial charge < -0.3 is 29.3 Å². The topological polar surface area (TPSA) is 93.9 Å². The van der Waals surface area contributed by atoms with Crippen LogP contribution < -0.4 is 9.80 Å². The summed E-state index contributed by atoms with van der Waals surface area (Å²) in [6.07, 6.45) is -1.81. The van der Waals surface area contributed by atoms with Crippen LogP contribution in [-0.2, 0) is 17.5 Å². The molecule has 0 spiro atoms. The molecule has 0 amide bonds. The number of anilines is 2. The molecule has 0 saturated carbocycles. The van der Waals surface area contributed by atoms with Crippen LogP contribution in [0.15, 0.2) is 30.6 Å². The predicted molar refractivity (Wildman–Crippen MR) is 145 cm³/mol. The fourth-order valence-corrected chi connectivity index (χ4v) is 4.17. The summed E-state index contributed by atoms with van der Waals surface area (Å²) in [4.78, 5) is 33.2. The van der Waals surface area contributed by atoms with Crippen LogP contribution in [0.1, 0.15) is 24.5 Å². The minimum absolute atomic E-state index is 0.242. The van der Waals surface area contributed by atoms with Crippen molar-refractivity contribution >= 4 is 28.9 Å². The van der Waals surface area contributed by atoms with Crippen LogP contribution in [0.4, 0.5) is 24.9 Å². The molecule has 214 valence electrons. The zero-order chi connectivity index (χ0) is 28.7. The molecule has 1 N–H and O–H groups in total. The van der Waals surface area contributed by atoms with Gasteiger partial charge in [-0.05, 0) is 57.8 Å². The molecule has 13 heteroatoms. The van der Waals surface area contributed by atoms with Gasteiger partial charge in [-0.1, -0.05) is 19.1 Å². The van der Waals surface area contributed by atoms with Gasteiger partial charge in [0.15, 0.2) is 17.0 Å². The molecule has 0 atom stereocenters. The molecule has 0 radical (unpaired) electrons. The number of alkyl halides is 3. The Balaban J connectivity index is 1.88. The minimum Gasteiger partial charge on any atom is -0.480 e. The van der Waals surface area contributed by atoms with Gasteiger partial charge in [0.25, 0.3) is 0 Å². The number of benzene rings is 1. The number of likely N-dealkylation sites (N-methyl/N-ethyl adjacent to an activating group) is 3. The second-order valence-corrected chi connectivity index (χ2v) is 9.85. The van der Waals surface area contributed by atoms with E-state index in [-0.39, 0.29) is 13.1 Å². The summed E-state index contributed by atoms with van der Waals surface area (Å²) in [5.74, 6) is -0.235. The molecule has 2 heterocycles. The van der Waals surface area contributed by atoms with Gasteiger partial charge in [0.05, 0.1) is 18.4 Å². The van der Waals surface area contributed by atoms with Gasteiger partial charge >= 0.3 is 12.1 Å². The van der Waals surface area contributed by atoms with Gasteiger partial charge in [0.1, 0.15) is 6.54 Å². The van der Waals surface area contributed by atoms with Gasteiger partial charge in [-0.2, -0.15) is 23.1 Å². The monoisotopic (exact) mass is 550 g/mol. The molecule has 1 aromatic carbocycles. The van der Waals surface area contributed by atoms with Crippen LogP contribution in [0.5, 0.6) is 0 Å². The maximum absolute atomic E-state index is 13.0. The van der Waals surface area contributed by atoms with Gasteiger partial charge in [0, 0.05) is 27.2 Å². The Bertz CT molecular complexity index is 1230. The molecule has 0 aliphatic carbocycles. The van der Waals surface area contributed by atoms with Crippen LogP contribution >= 0.6 is 0 Å². The Hall–Kier alpha value is -3.45. The number of halogens is 3. The number of nitrogens with zero attached hydrogens (tertiary/aromatic N) is 8. The van der Waals surface area contributed by atoms with E-state index < -0.39 is 17.7 Å². The lowest BCUT2D eigenvalue weighted by molar-refractivity contribution is -0.137. The number of hydrogen-bond donors (Lipinski definition) is 1. The van der Waals surface area contributed by atoms with Gasteiger partial charge in [-0.25, -0.2) is 4.98 Å². The molecular weight excluding hydrogens is 513 g/mol. The zero-order valence-corrected chi connectivity index (χ0v) is 23.1. The highest BCUT2D eigenvalue weighted by atomic mass is 19.4. The van der Waals surface area contributed by atoms with Crippen LogP contribution in [0.25, 0.3) is 11.2 Å². The summed E-state index contributed by atoms with van der Waals surface area (Å²) in [5, 5.41) is 9.34. The van der Waals surface area contributed by atoms with Crippen molar-refractivity contribution in [3.8, 4) is 0 Å². The van der Waals surface area contributed by atoms with E-state index in [2.05, 4.69) is 40.8 Å². The second-order valence-electron chi connectivity index (χ2n) is 9.85. The fraction of sp³-hybridized carbons (Fsp3) is 0.538. The third-order valence-corrected chi connectivity index (χ3v) is 6.42. The number of aliphatic carboxylic acids is 1. The van der Waals surface area contributed by atoms with Crippen molar-refractivity contribution in [2.75, 3.05) is 77.3 Å². The van der Waals surface area contributed by atoms with E-state index in [4.69, 9.17) is 4.98 Å². The Morgan fingerprint density at radius 2 is 1.67 bits per heavy atom. The first-order valence-electron chi connectivity index (χ1n) is 12.8. The Morgan fingerprint density at radius 3 is 2.26 bits per heavy atom. The molecule has 2 aromatic heterocycles. The van der Waals surface area contributed by atoms with Crippen LogP contribution in [0.2, 0.25) is 0 Å². The molecule has 10 nitrogen and oxygen atoms in total. The average molecular weight is 551 g/mol. The number of aromatic nitrogens is 4. The quantitative estimate of drug-likeness (QED) is 0.325. The maximum Gasteiger partial charge on any atom is 0.416 e. The first-order valence-corrected chi connectivity index (χ1v) is 12.8. The summed E-state index contributed by atoms with van der Waals surface area (Å²) in [6.45, 7) is 6.42. The van der Waals surface area contributed by atoms with Crippen LogP contribution in [0, 0.1) is 0 Å². The highest BCUT2D eigenvalue weighted by molar-refractivity contribution is 5.87. The number of carbonyl (C=O) groups is 1. The lowest BCUT2D eigenvalue weighted by Gasteiger charge is -2.26. The van der Waals surface area contributed by atoms with Crippen molar-refractivity contribution in [2.24, 2.45) is 0 Å². The summed E-state index contributed by atoms with van der Waals surface area (Å²) in [6, 6.07) is 4.95. The summed E-state index contributed by atoms with van der Waals surface area (Å²) >= 11 is 0. The van der Waals surface area contributed by atoms with E-state index in [0.717, 1.165) is 44.7 Å². The van der Waals surface area contributed by atoms with Crippen molar-refractivity contribution in [3.05, 3.63) is 41.7 Å². The average Bonchev–Trinajstić information content (AvgIpc) is 3.27. The number of imidazole rings is 1. The number of rotatable bonds is 14. The van der Waals surface area contributed by atoms with Gasteiger partial charge in [-0.3, -0.25) is 4.79 Å². The Morgan fingerprint density at radius 1 is 0.974 bits per heavy atom. The molecule has 0 unspecified atom stereocenters. The second kappa shape index (κ2) is 13.1. The molecule has 0 aliphatic heterocycles. The van der Waals surface area contributed by atoms with E-state index >= 15 is 0 Å². The summed E-state index contributed by atoms with van der Waals surface area (Å²) < 4.78 is 40.7. The highest BCUT2D eigenvalue weighted by Crippen LogP contribution is 2.30. The first-order chi connectivity index (χ1) is 18.4. The van der Waals surface area contributed by atoms with E-state index in [9.17, 15) is 23.1 Å². The number of carboxylic acids is 1.